The van der Waals surface area contributed by atoms with E-state index in [-0.39, 0.29) is 6.17 Å². The first-order valence-electron chi connectivity index (χ1n) is 10.1. The summed E-state index contributed by atoms with van der Waals surface area (Å²) in [5.41, 5.74) is 10.4. The van der Waals surface area contributed by atoms with Crippen molar-refractivity contribution in [1.29, 1.82) is 5.41 Å². The summed E-state index contributed by atoms with van der Waals surface area (Å²) >= 11 is 7.70. The van der Waals surface area contributed by atoms with Gasteiger partial charge in [0.1, 0.15) is 11.2 Å². The molecule has 1 saturated heterocycles. The normalized spacial score (nSPS) is 19.4. The van der Waals surface area contributed by atoms with E-state index in [0.29, 0.717) is 23.3 Å². The molecule has 7 heteroatoms. The lowest BCUT2D eigenvalue weighted by Crippen LogP contribution is -2.46. The molecule has 5 nitrogen and oxygen atoms in total. The molecule has 1 aromatic carbocycles. The maximum absolute atomic E-state index is 8.32. The van der Waals surface area contributed by atoms with Crippen LogP contribution in [0.3, 0.4) is 0 Å². The van der Waals surface area contributed by atoms with Gasteiger partial charge in [0.2, 0.25) is 0 Å². The summed E-state index contributed by atoms with van der Waals surface area (Å²) in [5, 5.41) is 9.95. The number of rotatable bonds is 1. The van der Waals surface area contributed by atoms with Crippen molar-refractivity contribution in [2.75, 3.05) is 24.7 Å². The second-order valence-corrected chi connectivity index (χ2v) is 9.05. The second kappa shape index (κ2) is 8.91. The topological polar surface area (TPSA) is 74.7 Å². The van der Waals surface area contributed by atoms with Crippen molar-refractivity contribution in [2.24, 2.45) is 16.6 Å². The molecule has 0 radical (unpaired) electrons. The van der Waals surface area contributed by atoms with Crippen molar-refractivity contribution < 1.29 is 4.74 Å². The Labute approximate surface area is 186 Å². The quantitative estimate of drug-likeness (QED) is 0.391. The molecule has 0 bridgehead atoms. The van der Waals surface area contributed by atoms with Gasteiger partial charge in [0.15, 0.2) is 0 Å². The summed E-state index contributed by atoms with van der Waals surface area (Å²) in [6, 6.07) is 7.70. The van der Waals surface area contributed by atoms with Crippen LogP contribution in [-0.2, 0) is 4.74 Å². The second-order valence-electron chi connectivity index (χ2n) is 7.61. The fourth-order valence-corrected chi connectivity index (χ4v) is 5.22. The van der Waals surface area contributed by atoms with Gasteiger partial charge in [0.25, 0.3) is 0 Å². The monoisotopic (exact) mass is 440 g/mol. The van der Waals surface area contributed by atoms with Gasteiger partial charge in [-0.25, -0.2) is 0 Å². The molecule has 4 rings (SSSR count). The number of ether oxygens (including phenoxy) is 1. The van der Waals surface area contributed by atoms with E-state index in [0.717, 1.165) is 58.3 Å². The van der Waals surface area contributed by atoms with Crippen molar-refractivity contribution in [2.45, 2.75) is 32.9 Å². The van der Waals surface area contributed by atoms with E-state index in [9.17, 15) is 0 Å². The number of nitrogens with two attached hydrogens (primary N) is 1. The highest BCUT2D eigenvalue weighted by atomic mass is 35.5. The van der Waals surface area contributed by atoms with Crippen LogP contribution in [-0.4, -0.2) is 37.5 Å². The molecule has 1 atom stereocenters. The average molecular weight is 441 g/mol. The number of amidine groups is 1. The molecule has 2 aliphatic rings. The Hall–Kier alpha value is -2.17. The maximum Gasteiger partial charge on any atom is 0.109 e. The van der Waals surface area contributed by atoms with Crippen molar-refractivity contribution in [3.8, 4) is 11.8 Å². The number of halogens is 1. The standard InChI is InChI=1S/C23H25ClN4OS/c1-14-19(8-3-16-9-11-29-12-10-16)30-23-21(14)22(17-4-6-18(24)7-5-17)27-13-20(26)28(23)15(2)25/h4-7,16,20,25H,9-13,26H2,1-2H3. The minimum absolute atomic E-state index is 0.368. The lowest BCUT2D eigenvalue weighted by molar-refractivity contribution is 0.0807. The molecule has 0 amide bonds. The van der Waals surface area contributed by atoms with E-state index in [4.69, 9.17) is 32.5 Å². The predicted octanol–water partition coefficient (Wildman–Crippen LogP) is 4.43. The molecule has 2 aromatic rings. The number of fused-ring (bicyclic) bond motifs is 1. The van der Waals surface area contributed by atoms with Crippen LogP contribution in [0, 0.1) is 30.1 Å². The number of thiophene rings is 1. The number of nitrogens with zero attached hydrogens (tertiary/aromatic N) is 2. The van der Waals surface area contributed by atoms with Crippen LogP contribution in [0.1, 0.15) is 41.3 Å². The molecular formula is C23H25ClN4OS. The maximum atomic E-state index is 8.32. The van der Waals surface area contributed by atoms with Gasteiger partial charge >= 0.3 is 0 Å². The number of anilines is 1. The van der Waals surface area contributed by atoms with E-state index in [2.05, 4.69) is 18.8 Å². The summed E-state index contributed by atoms with van der Waals surface area (Å²) < 4.78 is 5.44. The van der Waals surface area contributed by atoms with Crippen LogP contribution in [0.25, 0.3) is 0 Å². The third-order valence-corrected chi connectivity index (χ3v) is 6.90. The Kier molecular flexibility index (Phi) is 6.26. The summed E-state index contributed by atoms with van der Waals surface area (Å²) in [4.78, 5) is 7.74. The number of benzene rings is 1. The summed E-state index contributed by atoms with van der Waals surface area (Å²) in [5.74, 6) is 7.63. The number of hydrogen-bond acceptors (Lipinski definition) is 5. The molecule has 156 valence electrons. The average Bonchev–Trinajstić information content (AvgIpc) is 2.95. The highest BCUT2D eigenvalue weighted by Gasteiger charge is 2.30. The third-order valence-electron chi connectivity index (χ3n) is 5.44. The van der Waals surface area contributed by atoms with Crippen LogP contribution in [0.15, 0.2) is 29.3 Å². The van der Waals surface area contributed by atoms with Crippen molar-refractivity contribution in [3.63, 3.8) is 0 Å². The minimum Gasteiger partial charge on any atom is -0.381 e. The SMILES string of the molecule is CC(=N)N1c2sc(C#CC3CCOCC3)c(C)c2C(c2ccc(Cl)cc2)=NCC1N. The smallest absolute Gasteiger partial charge is 0.109 e. The van der Waals surface area contributed by atoms with Crippen LogP contribution < -0.4 is 10.6 Å². The Bertz CT molecular complexity index is 1040. The van der Waals surface area contributed by atoms with Gasteiger partial charge in [-0.1, -0.05) is 35.6 Å². The predicted molar refractivity (Wildman–Crippen MR) is 125 cm³/mol. The van der Waals surface area contributed by atoms with Gasteiger partial charge in [-0.15, -0.1) is 11.3 Å². The van der Waals surface area contributed by atoms with Gasteiger partial charge in [-0.2, -0.15) is 0 Å². The van der Waals surface area contributed by atoms with E-state index >= 15 is 0 Å². The molecule has 0 spiro atoms. The van der Waals surface area contributed by atoms with Crippen molar-refractivity contribution in [1.82, 2.24) is 0 Å². The summed E-state index contributed by atoms with van der Waals surface area (Å²) in [6.07, 6.45) is 1.57. The van der Waals surface area contributed by atoms with E-state index in [1.165, 1.54) is 0 Å². The third kappa shape index (κ3) is 4.17. The Balaban J connectivity index is 1.83. The highest BCUT2D eigenvalue weighted by molar-refractivity contribution is 7.17. The van der Waals surface area contributed by atoms with Crippen LogP contribution in [0.5, 0.6) is 0 Å². The van der Waals surface area contributed by atoms with Crippen molar-refractivity contribution in [3.05, 3.63) is 50.9 Å². The van der Waals surface area contributed by atoms with Gasteiger partial charge in [-0.3, -0.25) is 10.4 Å². The first kappa shape index (κ1) is 21.1. The molecule has 1 fully saturated rings. The fraction of sp³-hybridized carbons (Fsp3) is 0.391. The molecule has 2 aliphatic heterocycles. The van der Waals surface area contributed by atoms with E-state index in [1.807, 2.05) is 29.2 Å². The zero-order valence-corrected chi connectivity index (χ0v) is 18.7. The van der Waals surface area contributed by atoms with Gasteiger partial charge in [0, 0.05) is 35.3 Å². The first-order chi connectivity index (χ1) is 14.5. The van der Waals surface area contributed by atoms with Gasteiger partial charge < -0.3 is 15.4 Å². The zero-order valence-electron chi connectivity index (χ0n) is 17.2. The van der Waals surface area contributed by atoms with Crippen molar-refractivity contribution >= 4 is 39.5 Å². The van der Waals surface area contributed by atoms with Gasteiger partial charge in [0.05, 0.1) is 23.0 Å². The Morgan fingerprint density at radius 3 is 2.67 bits per heavy atom. The Morgan fingerprint density at radius 2 is 2.00 bits per heavy atom. The molecule has 30 heavy (non-hydrogen) atoms. The minimum atomic E-state index is -0.389. The molecule has 0 aliphatic carbocycles. The molecular weight excluding hydrogens is 416 g/mol. The molecule has 0 saturated carbocycles. The fourth-order valence-electron chi connectivity index (χ4n) is 3.82. The van der Waals surface area contributed by atoms with Crippen LogP contribution in [0.4, 0.5) is 5.00 Å². The van der Waals surface area contributed by atoms with Crippen LogP contribution >= 0.6 is 22.9 Å². The van der Waals surface area contributed by atoms with E-state index in [1.54, 1.807) is 18.3 Å². The summed E-state index contributed by atoms with van der Waals surface area (Å²) in [6.45, 7) is 5.82. The number of nitrogens with one attached hydrogen (secondary N) is 1. The van der Waals surface area contributed by atoms with Crippen LogP contribution in [0.2, 0.25) is 5.02 Å². The molecule has 3 heterocycles. The molecule has 1 unspecified atom stereocenters. The zero-order chi connectivity index (χ0) is 21.3. The molecule has 1 aromatic heterocycles. The number of hydrogen-bond donors (Lipinski definition) is 2. The lowest BCUT2D eigenvalue weighted by Gasteiger charge is -2.26. The van der Waals surface area contributed by atoms with Gasteiger partial charge in [-0.05, 0) is 44.4 Å². The summed E-state index contributed by atoms with van der Waals surface area (Å²) in [7, 11) is 0. The largest absolute Gasteiger partial charge is 0.381 e. The van der Waals surface area contributed by atoms with E-state index < -0.39 is 0 Å². The highest BCUT2D eigenvalue weighted by Crippen LogP contribution is 2.39. The molecule has 3 N–H and O–H groups in total. The lowest BCUT2D eigenvalue weighted by atomic mass is 9.98. The Morgan fingerprint density at radius 1 is 1.30 bits per heavy atom. The number of aliphatic imine (C=N–C) groups is 1. The first-order valence-corrected chi connectivity index (χ1v) is 11.3.